The minimum atomic E-state index is 1.11. The van der Waals surface area contributed by atoms with Gasteiger partial charge in [-0.05, 0) is 59.7 Å². The fraction of sp³-hybridized carbons (Fsp3) is 0.667. The van der Waals surface area contributed by atoms with Crippen LogP contribution in [0.3, 0.4) is 0 Å². The van der Waals surface area contributed by atoms with E-state index < -0.39 is 0 Å². The van der Waals surface area contributed by atoms with Crippen LogP contribution in [0.1, 0.15) is 153 Å². The maximum absolute atomic E-state index is 5.09. The Balaban J connectivity index is 1.19. The minimum absolute atomic E-state index is 1.11. The molecular formula is C36H54N2S4. The molecule has 0 saturated heterocycles. The second kappa shape index (κ2) is 20.0. The van der Waals surface area contributed by atoms with Crippen LogP contribution in [0.15, 0.2) is 22.9 Å². The molecule has 0 aliphatic heterocycles. The summed E-state index contributed by atoms with van der Waals surface area (Å²) in [5.74, 6) is 0. The predicted molar refractivity (Wildman–Crippen MR) is 193 cm³/mol. The van der Waals surface area contributed by atoms with Crippen molar-refractivity contribution < 1.29 is 0 Å². The maximum Gasteiger partial charge on any atom is 0.155 e. The smallest absolute Gasteiger partial charge is 0.155 e. The molecule has 4 aromatic heterocycles. The molecule has 0 radical (unpaired) electrons. The van der Waals surface area contributed by atoms with Gasteiger partial charge in [-0.15, -0.1) is 22.7 Å². The Morgan fingerprint density at radius 3 is 1.14 bits per heavy atom. The van der Waals surface area contributed by atoms with Gasteiger partial charge in [-0.1, -0.05) is 152 Å². The molecule has 0 unspecified atom stereocenters. The Morgan fingerprint density at radius 2 is 0.786 bits per heavy atom. The van der Waals surface area contributed by atoms with Gasteiger partial charge in [0, 0.05) is 0 Å². The van der Waals surface area contributed by atoms with E-state index in [1.54, 1.807) is 22.7 Å². The van der Waals surface area contributed by atoms with E-state index in [0.29, 0.717) is 0 Å². The molecule has 0 atom stereocenters. The van der Waals surface area contributed by atoms with Crippen LogP contribution in [0.2, 0.25) is 0 Å². The third-order valence-electron chi connectivity index (χ3n) is 8.46. The number of fused-ring (bicyclic) bond motifs is 1. The first-order chi connectivity index (χ1) is 20.8. The number of hydrogen-bond acceptors (Lipinski definition) is 6. The average Bonchev–Trinajstić information content (AvgIpc) is 3.79. The average molecular weight is 643 g/mol. The van der Waals surface area contributed by atoms with E-state index in [9.17, 15) is 0 Å². The number of thiophene rings is 2. The summed E-state index contributed by atoms with van der Waals surface area (Å²) >= 11 is 7.29. The van der Waals surface area contributed by atoms with Gasteiger partial charge in [0.1, 0.15) is 10.0 Å². The van der Waals surface area contributed by atoms with Gasteiger partial charge in [0.05, 0.1) is 9.75 Å². The molecule has 0 bridgehead atoms. The van der Waals surface area contributed by atoms with Gasteiger partial charge in [-0.25, -0.2) is 9.97 Å². The molecule has 2 nitrogen and oxygen atoms in total. The van der Waals surface area contributed by atoms with Crippen LogP contribution in [-0.4, -0.2) is 9.97 Å². The van der Waals surface area contributed by atoms with E-state index >= 15 is 0 Å². The highest BCUT2D eigenvalue weighted by atomic mass is 32.1. The highest BCUT2D eigenvalue weighted by Gasteiger charge is 2.18. The van der Waals surface area contributed by atoms with Crippen LogP contribution >= 0.6 is 45.3 Å². The topological polar surface area (TPSA) is 25.8 Å². The van der Waals surface area contributed by atoms with E-state index in [1.807, 2.05) is 22.7 Å². The molecule has 0 spiro atoms. The third kappa shape index (κ3) is 11.1. The van der Waals surface area contributed by atoms with Gasteiger partial charge in [-0.2, -0.15) is 0 Å². The molecule has 4 rings (SSSR count). The predicted octanol–water partition coefficient (Wildman–Crippen LogP) is 14.1. The van der Waals surface area contributed by atoms with E-state index in [2.05, 4.69) is 36.7 Å². The van der Waals surface area contributed by atoms with Crippen LogP contribution in [-0.2, 0) is 12.8 Å². The first-order valence-corrected chi connectivity index (χ1v) is 20.6. The minimum Gasteiger partial charge on any atom is -0.222 e. The molecule has 0 aliphatic carbocycles. The van der Waals surface area contributed by atoms with Crippen molar-refractivity contribution in [2.75, 3.05) is 0 Å². The van der Waals surface area contributed by atoms with Crippen molar-refractivity contribution in [3.63, 3.8) is 0 Å². The summed E-state index contributed by atoms with van der Waals surface area (Å²) in [6.07, 6.45) is 30.2. The van der Waals surface area contributed by atoms with Gasteiger partial charge < -0.3 is 0 Å². The number of aryl methyl sites for hydroxylation is 2. The van der Waals surface area contributed by atoms with Gasteiger partial charge >= 0.3 is 0 Å². The molecule has 42 heavy (non-hydrogen) atoms. The Kier molecular flexibility index (Phi) is 16.1. The zero-order valence-electron chi connectivity index (χ0n) is 26.4. The van der Waals surface area contributed by atoms with Gasteiger partial charge in [0.15, 0.2) is 9.66 Å². The largest absolute Gasteiger partial charge is 0.222 e. The molecule has 4 aromatic rings. The lowest BCUT2D eigenvalue weighted by atomic mass is 10.0. The van der Waals surface area contributed by atoms with Crippen molar-refractivity contribution >= 4 is 55.0 Å². The molecule has 0 saturated carbocycles. The zero-order valence-corrected chi connectivity index (χ0v) is 29.7. The zero-order chi connectivity index (χ0) is 29.2. The Morgan fingerprint density at radius 1 is 0.452 bits per heavy atom. The Bertz CT molecular complexity index is 1120. The first kappa shape index (κ1) is 33.8. The summed E-state index contributed by atoms with van der Waals surface area (Å²) < 4.78 is 0. The second-order valence-corrected chi connectivity index (χ2v) is 15.8. The SMILES string of the molecule is CCCCCCCCCCCCc1ccsc1-c1nc2sc(-c3sccc3CCCCCCCCCCCC)nc2s1. The Hall–Kier alpha value is -1.08. The molecule has 0 aliphatic rings. The van der Waals surface area contributed by atoms with Crippen molar-refractivity contribution in [1.82, 2.24) is 9.97 Å². The summed E-state index contributed by atoms with van der Waals surface area (Å²) in [4.78, 5) is 15.2. The van der Waals surface area contributed by atoms with Crippen molar-refractivity contribution in [1.29, 1.82) is 0 Å². The lowest BCUT2D eigenvalue weighted by Crippen LogP contribution is -1.87. The van der Waals surface area contributed by atoms with Crippen molar-refractivity contribution in [3.8, 4) is 19.8 Å². The van der Waals surface area contributed by atoms with Gasteiger partial charge in [0.25, 0.3) is 0 Å². The normalized spacial score (nSPS) is 11.8. The van der Waals surface area contributed by atoms with Gasteiger partial charge in [0.2, 0.25) is 0 Å². The van der Waals surface area contributed by atoms with E-state index in [-0.39, 0.29) is 0 Å². The van der Waals surface area contributed by atoms with Crippen LogP contribution in [0.5, 0.6) is 0 Å². The molecular weight excluding hydrogens is 589 g/mol. The van der Waals surface area contributed by atoms with Crippen LogP contribution in [0.25, 0.3) is 29.4 Å². The van der Waals surface area contributed by atoms with Crippen LogP contribution in [0, 0.1) is 0 Å². The van der Waals surface area contributed by atoms with Crippen molar-refractivity contribution in [3.05, 3.63) is 34.0 Å². The monoisotopic (exact) mass is 642 g/mol. The first-order valence-electron chi connectivity index (χ1n) is 17.2. The summed E-state index contributed by atoms with van der Waals surface area (Å²) in [6, 6.07) is 4.65. The fourth-order valence-corrected chi connectivity index (χ4v) is 10.1. The standard InChI is InChI=1S/C36H54N2S4/c1-3-5-7-9-11-13-15-17-19-21-23-29-25-27-39-31(29)33-37-35-36(41-33)38-34(42-35)32-30(26-28-40-32)24-22-20-18-16-14-12-10-8-6-4-2/h25-28H,3-24H2,1-2H3. The highest BCUT2D eigenvalue weighted by Crippen LogP contribution is 2.41. The molecule has 0 fully saturated rings. The fourth-order valence-electron chi connectivity index (χ4n) is 5.88. The summed E-state index contributed by atoms with van der Waals surface area (Å²) in [7, 11) is 0. The molecule has 232 valence electrons. The van der Waals surface area contributed by atoms with Crippen molar-refractivity contribution in [2.45, 2.75) is 155 Å². The summed E-state index contributed by atoms with van der Waals surface area (Å²) in [6.45, 7) is 4.59. The van der Waals surface area contributed by atoms with Crippen LogP contribution < -0.4 is 0 Å². The van der Waals surface area contributed by atoms with Crippen LogP contribution in [0.4, 0.5) is 0 Å². The number of aromatic nitrogens is 2. The quantitative estimate of drug-likeness (QED) is 0.0711. The lowest BCUT2D eigenvalue weighted by molar-refractivity contribution is 0.556. The van der Waals surface area contributed by atoms with E-state index in [1.165, 1.54) is 172 Å². The number of rotatable bonds is 24. The maximum atomic E-state index is 5.09. The molecule has 4 heterocycles. The van der Waals surface area contributed by atoms with E-state index in [0.717, 1.165) is 9.66 Å². The third-order valence-corrected chi connectivity index (χ3v) is 12.7. The summed E-state index contributed by atoms with van der Waals surface area (Å²) in [5.41, 5.74) is 2.97. The second-order valence-electron chi connectivity index (χ2n) is 12.1. The number of nitrogens with zero attached hydrogens (tertiary/aromatic N) is 2. The molecule has 0 N–H and O–H groups in total. The number of thiazole rings is 2. The number of unbranched alkanes of at least 4 members (excludes halogenated alkanes) is 18. The van der Waals surface area contributed by atoms with E-state index in [4.69, 9.17) is 9.97 Å². The van der Waals surface area contributed by atoms with Crippen molar-refractivity contribution in [2.24, 2.45) is 0 Å². The summed E-state index contributed by atoms with van der Waals surface area (Å²) in [5, 5.41) is 6.84. The molecule has 0 amide bonds. The van der Waals surface area contributed by atoms with Gasteiger partial charge in [-0.3, -0.25) is 0 Å². The Labute approximate surface area is 272 Å². The number of hydrogen-bond donors (Lipinski definition) is 0. The molecule has 6 heteroatoms. The highest BCUT2D eigenvalue weighted by molar-refractivity contribution is 7.31. The molecule has 0 aromatic carbocycles. The lowest BCUT2D eigenvalue weighted by Gasteiger charge is -2.04.